The molecule has 5 nitrogen and oxygen atoms in total. The van der Waals surface area contributed by atoms with Crippen LogP contribution >= 0.6 is 0 Å². The SMILES string of the molecule is COc1ccccc1CCC(=O)N1CC[C@@]2(CCCN(CC3CCC3)C2=O)C1. The Morgan fingerprint density at radius 3 is 2.75 bits per heavy atom. The molecule has 4 rings (SSSR count). The lowest BCUT2D eigenvalue weighted by Crippen LogP contribution is -2.52. The third-order valence-corrected chi connectivity index (χ3v) is 7.03. The van der Waals surface area contributed by atoms with Crippen LogP contribution in [0.1, 0.15) is 50.5 Å². The quantitative estimate of drug-likeness (QED) is 0.756. The lowest BCUT2D eigenvalue weighted by molar-refractivity contribution is -0.147. The maximum atomic E-state index is 13.2. The first-order valence-corrected chi connectivity index (χ1v) is 10.8. The molecular weight excluding hydrogens is 352 g/mol. The van der Waals surface area contributed by atoms with Gasteiger partial charge in [-0.1, -0.05) is 24.6 Å². The summed E-state index contributed by atoms with van der Waals surface area (Å²) in [6.45, 7) is 3.16. The van der Waals surface area contributed by atoms with Crippen LogP contribution in [0.15, 0.2) is 24.3 Å². The van der Waals surface area contributed by atoms with Crippen molar-refractivity contribution in [1.82, 2.24) is 9.80 Å². The maximum Gasteiger partial charge on any atom is 0.230 e. The Kier molecular flexibility index (Phi) is 5.61. The molecule has 0 bridgehead atoms. The summed E-state index contributed by atoms with van der Waals surface area (Å²) < 4.78 is 5.39. The van der Waals surface area contributed by atoms with E-state index in [0.717, 1.165) is 43.7 Å². The molecule has 2 heterocycles. The van der Waals surface area contributed by atoms with Crippen molar-refractivity contribution in [2.75, 3.05) is 33.3 Å². The van der Waals surface area contributed by atoms with E-state index in [1.807, 2.05) is 29.2 Å². The number of hydrogen-bond acceptors (Lipinski definition) is 3. The van der Waals surface area contributed by atoms with E-state index in [1.165, 1.54) is 19.3 Å². The molecule has 0 unspecified atom stereocenters. The highest BCUT2D eigenvalue weighted by Crippen LogP contribution is 2.41. The zero-order valence-electron chi connectivity index (χ0n) is 17.0. The van der Waals surface area contributed by atoms with Crippen LogP contribution in [0.2, 0.25) is 0 Å². The number of rotatable bonds is 6. The van der Waals surface area contributed by atoms with Gasteiger partial charge >= 0.3 is 0 Å². The van der Waals surface area contributed by atoms with Gasteiger partial charge in [-0.25, -0.2) is 0 Å². The van der Waals surface area contributed by atoms with Crippen LogP contribution in [-0.4, -0.2) is 54.9 Å². The fraction of sp³-hybridized carbons (Fsp3) is 0.652. The molecule has 2 saturated heterocycles. The third-order valence-electron chi connectivity index (χ3n) is 7.03. The van der Waals surface area contributed by atoms with Crippen LogP contribution in [0.5, 0.6) is 5.75 Å². The van der Waals surface area contributed by atoms with Gasteiger partial charge in [0.25, 0.3) is 0 Å². The average molecular weight is 385 g/mol. The first-order valence-electron chi connectivity index (χ1n) is 10.8. The Labute approximate surface area is 168 Å². The molecule has 2 aliphatic heterocycles. The van der Waals surface area contributed by atoms with E-state index in [-0.39, 0.29) is 11.3 Å². The summed E-state index contributed by atoms with van der Waals surface area (Å²) in [6, 6.07) is 7.87. The smallest absolute Gasteiger partial charge is 0.230 e. The number of amides is 2. The predicted octanol–water partition coefficient (Wildman–Crippen LogP) is 3.27. The zero-order valence-corrected chi connectivity index (χ0v) is 17.0. The van der Waals surface area contributed by atoms with E-state index in [2.05, 4.69) is 4.90 Å². The molecule has 28 heavy (non-hydrogen) atoms. The minimum Gasteiger partial charge on any atom is -0.496 e. The molecule has 152 valence electrons. The van der Waals surface area contributed by atoms with Crippen molar-refractivity contribution in [2.45, 2.75) is 51.4 Å². The standard InChI is InChI=1S/C23H32N2O3/c1-28-20-9-3-2-8-19(20)10-11-21(26)25-15-13-23(17-25)12-5-14-24(22(23)27)16-18-6-4-7-18/h2-3,8-9,18H,4-7,10-17H2,1H3/t23-/m0/s1. The van der Waals surface area contributed by atoms with Gasteiger partial charge in [0.2, 0.25) is 11.8 Å². The van der Waals surface area contributed by atoms with Gasteiger partial charge in [0, 0.05) is 32.6 Å². The molecule has 3 aliphatic rings. The van der Waals surface area contributed by atoms with Crippen molar-refractivity contribution >= 4 is 11.8 Å². The first-order chi connectivity index (χ1) is 13.6. The number of hydrogen-bond donors (Lipinski definition) is 0. The number of para-hydroxylation sites is 1. The lowest BCUT2D eigenvalue weighted by atomic mass is 9.77. The van der Waals surface area contributed by atoms with Gasteiger partial charge in [0.1, 0.15) is 5.75 Å². The second kappa shape index (κ2) is 8.14. The number of piperidine rings is 1. The largest absolute Gasteiger partial charge is 0.496 e. The van der Waals surface area contributed by atoms with Crippen molar-refractivity contribution in [3.8, 4) is 5.75 Å². The van der Waals surface area contributed by atoms with Crippen molar-refractivity contribution in [3.63, 3.8) is 0 Å². The number of carbonyl (C=O) groups is 2. The summed E-state index contributed by atoms with van der Waals surface area (Å²) in [7, 11) is 1.66. The maximum absolute atomic E-state index is 13.2. The molecule has 2 amide bonds. The summed E-state index contributed by atoms with van der Waals surface area (Å²) in [4.78, 5) is 30.1. The fourth-order valence-electron chi connectivity index (χ4n) is 5.09. The molecule has 0 radical (unpaired) electrons. The second-order valence-electron chi connectivity index (χ2n) is 8.81. The van der Waals surface area contributed by atoms with Crippen molar-refractivity contribution in [1.29, 1.82) is 0 Å². The molecule has 1 aromatic carbocycles. The summed E-state index contributed by atoms with van der Waals surface area (Å²) in [5.74, 6) is 2.01. The molecule has 1 saturated carbocycles. The molecule has 0 N–H and O–H groups in total. The highest BCUT2D eigenvalue weighted by molar-refractivity contribution is 5.86. The minimum atomic E-state index is -0.317. The number of carbonyl (C=O) groups excluding carboxylic acids is 2. The van der Waals surface area contributed by atoms with Gasteiger partial charge in [-0.05, 0) is 56.1 Å². The molecule has 1 atom stereocenters. The van der Waals surface area contributed by atoms with Crippen molar-refractivity contribution in [2.24, 2.45) is 11.3 Å². The van der Waals surface area contributed by atoms with Gasteiger partial charge in [0.05, 0.1) is 12.5 Å². The summed E-state index contributed by atoms with van der Waals surface area (Å²) in [5, 5.41) is 0. The van der Waals surface area contributed by atoms with Gasteiger partial charge in [-0.15, -0.1) is 0 Å². The number of ether oxygens (including phenoxy) is 1. The fourth-order valence-corrected chi connectivity index (χ4v) is 5.09. The molecule has 0 aromatic heterocycles. The van der Waals surface area contributed by atoms with Crippen LogP contribution in [-0.2, 0) is 16.0 Å². The van der Waals surface area contributed by atoms with Crippen LogP contribution in [0, 0.1) is 11.3 Å². The Hall–Kier alpha value is -2.04. The minimum absolute atomic E-state index is 0.159. The number of benzene rings is 1. The lowest BCUT2D eigenvalue weighted by Gasteiger charge is -2.42. The van der Waals surface area contributed by atoms with E-state index in [9.17, 15) is 9.59 Å². The normalized spacial score (nSPS) is 25.2. The molecular formula is C23H32N2O3. The van der Waals surface area contributed by atoms with Gasteiger partial charge in [-0.3, -0.25) is 9.59 Å². The molecule has 1 aliphatic carbocycles. The highest BCUT2D eigenvalue weighted by atomic mass is 16.5. The third kappa shape index (κ3) is 3.76. The van der Waals surface area contributed by atoms with Crippen LogP contribution < -0.4 is 4.74 Å². The zero-order chi connectivity index (χ0) is 19.6. The molecule has 1 spiro atoms. The first kappa shape index (κ1) is 19.3. The van der Waals surface area contributed by atoms with E-state index >= 15 is 0 Å². The Morgan fingerprint density at radius 2 is 2.00 bits per heavy atom. The van der Waals surface area contributed by atoms with Crippen LogP contribution in [0.3, 0.4) is 0 Å². The Morgan fingerprint density at radius 1 is 1.18 bits per heavy atom. The van der Waals surface area contributed by atoms with Crippen molar-refractivity contribution in [3.05, 3.63) is 29.8 Å². The van der Waals surface area contributed by atoms with Gasteiger partial charge < -0.3 is 14.5 Å². The van der Waals surface area contributed by atoms with E-state index < -0.39 is 0 Å². The van der Waals surface area contributed by atoms with Gasteiger partial charge in [0.15, 0.2) is 0 Å². The number of aryl methyl sites for hydroxylation is 1. The number of methoxy groups -OCH3 is 1. The van der Waals surface area contributed by atoms with Gasteiger partial charge in [-0.2, -0.15) is 0 Å². The molecule has 3 fully saturated rings. The van der Waals surface area contributed by atoms with E-state index in [4.69, 9.17) is 4.74 Å². The second-order valence-corrected chi connectivity index (χ2v) is 8.81. The molecule has 5 heteroatoms. The Balaban J connectivity index is 1.34. The topological polar surface area (TPSA) is 49.9 Å². The monoisotopic (exact) mass is 384 g/mol. The van der Waals surface area contributed by atoms with Crippen LogP contribution in [0.4, 0.5) is 0 Å². The Bertz CT molecular complexity index is 730. The summed E-state index contributed by atoms with van der Waals surface area (Å²) in [5.41, 5.74) is 0.745. The van der Waals surface area contributed by atoms with E-state index in [0.29, 0.717) is 37.8 Å². The summed E-state index contributed by atoms with van der Waals surface area (Å²) >= 11 is 0. The number of nitrogens with zero attached hydrogens (tertiary/aromatic N) is 2. The molecule has 1 aromatic rings. The number of likely N-dealkylation sites (tertiary alicyclic amines) is 2. The predicted molar refractivity (Wildman–Crippen MR) is 108 cm³/mol. The average Bonchev–Trinajstić information content (AvgIpc) is 3.11. The van der Waals surface area contributed by atoms with Crippen molar-refractivity contribution < 1.29 is 14.3 Å². The van der Waals surface area contributed by atoms with Crippen LogP contribution in [0.25, 0.3) is 0 Å². The van der Waals surface area contributed by atoms with E-state index in [1.54, 1.807) is 7.11 Å². The summed E-state index contributed by atoms with van der Waals surface area (Å²) in [6.07, 6.45) is 7.82. The highest BCUT2D eigenvalue weighted by Gasteiger charge is 2.49.